The molecule has 0 bridgehead atoms. The summed E-state index contributed by atoms with van der Waals surface area (Å²) in [5.74, 6) is -8.23. The first-order valence-corrected chi connectivity index (χ1v) is 4.49. The summed E-state index contributed by atoms with van der Waals surface area (Å²) in [6, 6.07) is 0. The molecule has 21 heavy (non-hydrogen) atoms. The smallest absolute Gasteiger partial charge is 0.547 e. The average molecular weight is 324 g/mol. The van der Waals surface area contributed by atoms with Crippen LogP contribution >= 0.6 is 0 Å². The molecular formula is C8H8O12Si. The number of aliphatic hydroxyl groups is 4. The van der Waals surface area contributed by atoms with Gasteiger partial charge in [0.25, 0.3) is 0 Å². The molecule has 116 valence electrons. The molecule has 4 atom stereocenters. The van der Waals surface area contributed by atoms with E-state index < -0.39 is 48.3 Å². The molecule has 0 spiro atoms. The minimum atomic E-state index is -2.44. The number of carboxylic acid groups (broad SMARTS) is 4. The summed E-state index contributed by atoms with van der Waals surface area (Å²) >= 11 is 0. The molecule has 0 aromatic carbocycles. The van der Waals surface area contributed by atoms with Crippen LogP contribution in [0, 0.1) is 0 Å². The number of carbonyl (C=O) groups excluding carboxylic acids is 4. The zero-order valence-corrected chi connectivity index (χ0v) is 10.9. The van der Waals surface area contributed by atoms with Crippen molar-refractivity contribution in [3.63, 3.8) is 0 Å². The third kappa shape index (κ3) is 9.47. The van der Waals surface area contributed by atoms with Crippen LogP contribution in [0.4, 0.5) is 0 Å². The van der Waals surface area contributed by atoms with Gasteiger partial charge in [-0.1, -0.05) is 0 Å². The molecule has 0 heterocycles. The van der Waals surface area contributed by atoms with Crippen LogP contribution in [0.15, 0.2) is 0 Å². The normalized spacial score (nSPS) is 15.0. The van der Waals surface area contributed by atoms with Crippen LogP contribution < -0.4 is 20.4 Å². The van der Waals surface area contributed by atoms with E-state index >= 15 is 0 Å². The molecule has 13 heteroatoms. The first kappa shape index (κ1) is 24.0. The Labute approximate surface area is 120 Å². The summed E-state index contributed by atoms with van der Waals surface area (Å²) in [5.41, 5.74) is 0. The van der Waals surface area contributed by atoms with Crippen molar-refractivity contribution >= 4 is 34.8 Å². The zero-order chi connectivity index (χ0) is 16.6. The molecule has 0 aromatic rings. The van der Waals surface area contributed by atoms with E-state index in [9.17, 15) is 39.6 Å². The largest absolute Gasteiger partial charge is 4.00 e. The summed E-state index contributed by atoms with van der Waals surface area (Å²) in [6.07, 6.45) is -9.76. The van der Waals surface area contributed by atoms with Crippen molar-refractivity contribution in [2.75, 3.05) is 0 Å². The van der Waals surface area contributed by atoms with Crippen LogP contribution in [0.2, 0.25) is 0 Å². The van der Waals surface area contributed by atoms with E-state index in [1.807, 2.05) is 0 Å². The Bertz CT molecular complexity index is 309. The Morgan fingerprint density at radius 1 is 0.524 bits per heavy atom. The van der Waals surface area contributed by atoms with Crippen molar-refractivity contribution in [1.82, 2.24) is 0 Å². The summed E-state index contributed by atoms with van der Waals surface area (Å²) < 4.78 is 0. The molecule has 0 amide bonds. The molecular weight excluding hydrogens is 316 g/mol. The van der Waals surface area contributed by atoms with E-state index in [2.05, 4.69) is 0 Å². The van der Waals surface area contributed by atoms with Crippen LogP contribution in [0.3, 0.4) is 0 Å². The average Bonchev–Trinajstić information content (AvgIpc) is 2.35. The first-order valence-electron chi connectivity index (χ1n) is 4.49. The number of aliphatic hydroxyl groups excluding tert-OH is 4. The predicted molar refractivity (Wildman–Crippen MR) is 49.8 cm³/mol. The Hall–Kier alpha value is -2.06. The fourth-order valence-corrected chi connectivity index (χ4v) is 0.516. The van der Waals surface area contributed by atoms with Gasteiger partial charge in [0.2, 0.25) is 0 Å². The second kappa shape index (κ2) is 10.7. The van der Waals surface area contributed by atoms with Gasteiger partial charge in [0.05, 0.1) is 23.9 Å². The van der Waals surface area contributed by atoms with Gasteiger partial charge in [-0.2, -0.15) is 0 Å². The maximum atomic E-state index is 9.63. The van der Waals surface area contributed by atoms with Gasteiger partial charge >= 0.3 is 11.0 Å². The van der Waals surface area contributed by atoms with Gasteiger partial charge in [-0.3, -0.25) is 0 Å². The van der Waals surface area contributed by atoms with E-state index in [0.29, 0.717) is 0 Å². The minimum absolute atomic E-state index is 0. The molecule has 0 aromatic heterocycles. The summed E-state index contributed by atoms with van der Waals surface area (Å²) in [5, 5.41) is 71.5. The van der Waals surface area contributed by atoms with Crippen LogP contribution in [0.1, 0.15) is 0 Å². The summed E-state index contributed by atoms with van der Waals surface area (Å²) in [4.78, 5) is 38.5. The molecule has 0 aliphatic heterocycles. The number of carbonyl (C=O) groups is 4. The van der Waals surface area contributed by atoms with E-state index in [4.69, 9.17) is 20.4 Å². The van der Waals surface area contributed by atoms with Crippen molar-refractivity contribution in [1.29, 1.82) is 0 Å². The van der Waals surface area contributed by atoms with Crippen molar-refractivity contribution in [3.05, 3.63) is 0 Å². The first-order chi connectivity index (χ1) is 8.93. The number of carboxylic acids is 4. The maximum Gasteiger partial charge on any atom is 4.00 e. The van der Waals surface area contributed by atoms with E-state index in [-0.39, 0.29) is 11.0 Å². The van der Waals surface area contributed by atoms with Gasteiger partial charge in [0, 0.05) is 0 Å². The van der Waals surface area contributed by atoms with Gasteiger partial charge in [-0.25, -0.2) is 0 Å². The van der Waals surface area contributed by atoms with Crippen LogP contribution in [0.25, 0.3) is 0 Å². The van der Waals surface area contributed by atoms with Crippen molar-refractivity contribution in [2.24, 2.45) is 0 Å². The monoisotopic (exact) mass is 324 g/mol. The molecule has 0 radical (unpaired) electrons. The molecule has 0 rings (SSSR count). The molecule has 0 saturated heterocycles. The molecule has 0 aliphatic rings. The minimum Gasteiger partial charge on any atom is -0.547 e. The Morgan fingerprint density at radius 3 is 0.667 bits per heavy atom. The van der Waals surface area contributed by atoms with Crippen LogP contribution in [0.5, 0.6) is 0 Å². The van der Waals surface area contributed by atoms with Crippen molar-refractivity contribution < 1.29 is 60.0 Å². The molecule has 4 N–H and O–H groups in total. The molecule has 4 unspecified atom stereocenters. The Morgan fingerprint density at radius 2 is 0.619 bits per heavy atom. The zero-order valence-electron chi connectivity index (χ0n) is 9.86. The van der Waals surface area contributed by atoms with Gasteiger partial charge in [0.15, 0.2) is 0 Å². The molecule has 12 nitrogen and oxygen atoms in total. The number of aliphatic carboxylic acids is 4. The van der Waals surface area contributed by atoms with Gasteiger partial charge < -0.3 is 60.0 Å². The summed E-state index contributed by atoms with van der Waals surface area (Å²) in [7, 11) is 0. The van der Waals surface area contributed by atoms with Gasteiger partial charge in [-0.15, -0.1) is 0 Å². The second-order valence-corrected chi connectivity index (χ2v) is 3.06. The van der Waals surface area contributed by atoms with E-state index in [0.717, 1.165) is 0 Å². The number of hydrogen-bond donors (Lipinski definition) is 4. The third-order valence-corrected chi connectivity index (χ3v) is 1.56. The van der Waals surface area contributed by atoms with Gasteiger partial charge in [0.1, 0.15) is 24.4 Å². The molecule has 0 saturated carbocycles. The quantitative estimate of drug-likeness (QED) is 0.333. The molecule has 0 aliphatic carbocycles. The standard InChI is InChI=1S/2C4H6O6.Si/c2*5-1(3(7)8)2(6)4(9)10;/h2*1-2,5-6H,(H,7,8)(H,9,10);/q;;+4/p-4. The van der Waals surface area contributed by atoms with E-state index in [1.165, 1.54) is 0 Å². The Balaban J connectivity index is -0.000000295. The fourth-order valence-electron chi connectivity index (χ4n) is 0.516. The SMILES string of the molecule is O=C([O-])C(O)C(O)C(=O)[O-].O=C([O-])C(O)C(O)C(=O)[O-].[Si+4]. The van der Waals surface area contributed by atoms with Crippen LogP contribution in [-0.4, -0.2) is 79.7 Å². The third-order valence-electron chi connectivity index (χ3n) is 1.56. The molecule has 0 fully saturated rings. The van der Waals surface area contributed by atoms with Crippen LogP contribution in [-0.2, 0) is 19.2 Å². The van der Waals surface area contributed by atoms with Gasteiger partial charge in [-0.05, 0) is 0 Å². The number of rotatable bonds is 6. The Kier molecular flexibility index (Phi) is 12.2. The topological polar surface area (TPSA) is 241 Å². The number of hydrogen-bond acceptors (Lipinski definition) is 12. The predicted octanol–water partition coefficient (Wildman–Crippen LogP) is -9.96. The maximum absolute atomic E-state index is 9.63. The second-order valence-electron chi connectivity index (χ2n) is 3.06. The fraction of sp³-hybridized carbons (Fsp3) is 0.500. The van der Waals surface area contributed by atoms with Crippen molar-refractivity contribution in [3.8, 4) is 0 Å². The van der Waals surface area contributed by atoms with Crippen molar-refractivity contribution in [2.45, 2.75) is 24.4 Å². The van der Waals surface area contributed by atoms with E-state index in [1.54, 1.807) is 0 Å². The summed E-state index contributed by atoms with van der Waals surface area (Å²) in [6.45, 7) is 0.